The van der Waals surface area contributed by atoms with Crippen LogP contribution in [0.5, 0.6) is 0 Å². The van der Waals surface area contributed by atoms with Gasteiger partial charge in [0.2, 0.25) is 0 Å². The zero-order valence-electron chi connectivity index (χ0n) is 4.00. The topological polar surface area (TPSA) is 69.1 Å². The van der Waals surface area contributed by atoms with Crippen LogP contribution in [0, 0.1) is 0 Å². The Kier molecular flexibility index (Phi) is 0.997. The molecule has 1 aromatic heterocycles. The molecule has 0 aromatic carbocycles. The number of nitrogen functional groups attached to an aromatic ring is 1. The van der Waals surface area contributed by atoms with Crippen LogP contribution in [0.3, 0.4) is 0 Å². The summed E-state index contributed by atoms with van der Waals surface area (Å²) in [7, 11) is 0. The van der Waals surface area contributed by atoms with Crippen molar-refractivity contribution in [1.29, 1.82) is 0 Å². The fourth-order valence-electron chi connectivity index (χ4n) is 0.341. The second-order valence-corrected chi connectivity index (χ2v) is 1.27. The highest BCUT2D eigenvalue weighted by Crippen LogP contribution is 2.02. The molecule has 1 rings (SSSR count). The van der Waals surface area contributed by atoms with E-state index in [1.54, 1.807) is 0 Å². The highest BCUT2D eigenvalue weighted by molar-refractivity contribution is 5.80. The normalized spacial score (nSPS) is 9.00. The average Bonchev–Trinajstić information content (AvgIpc) is 2.14. The van der Waals surface area contributed by atoms with Gasteiger partial charge >= 0.3 is 0 Å². The highest BCUT2D eigenvalue weighted by atomic mass is 16.5. The van der Waals surface area contributed by atoms with Gasteiger partial charge in [0.25, 0.3) is 0 Å². The van der Waals surface area contributed by atoms with Gasteiger partial charge in [-0.15, -0.1) is 0 Å². The van der Waals surface area contributed by atoms with Crippen molar-refractivity contribution in [3.8, 4) is 0 Å². The maximum absolute atomic E-state index is 9.91. The van der Waals surface area contributed by atoms with E-state index in [-0.39, 0.29) is 5.82 Å². The molecule has 0 amide bonds. The Morgan fingerprint density at radius 1 is 1.88 bits per heavy atom. The maximum atomic E-state index is 9.91. The van der Waals surface area contributed by atoms with Crippen molar-refractivity contribution in [3.63, 3.8) is 0 Å². The summed E-state index contributed by atoms with van der Waals surface area (Å²) in [6.45, 7) is 0. The molecule has 0 unspecified atom stereocenters. The molecule has 0 fully saturated rings. The van der Waals surface area contributed by atoms with E-state index in [0.717, 1.165) is 0 Å². The van der Waals surface area contributed by atoms with Gasteiger partial charge in [-0.3, -0.25) is 4.79 Å². The number of rotatable bonds is 1. The standard InChI is InChI=1S/C4H4N2O2/c5-4-3(1-7)2-8-6-4/h1-2H,(H2,5,6). The number of hydrogen-bond acceptors (Lipinski definition) is 4. The van der Waals surface area contributed by atoms with Crippen LogP contribution in [0.25, 0.3) is 0 Å². The van der Waals surface area contributed by atoms with E-state index in [9.17, 15) is 4.79 Å². The molecule has 4 heteroatoms. The van der Waals surface area contributed by atoms with E-state index in [4.69, 9.17) is 5.73 Å². The zero-order valence-corrected chi connectivity index (χ0v) is 4.00. The molecule has 42 valence electrons. The Morgan fingerprint density at radius 2 is 2.62 bits per heavy atom. The van der Waals surface area contributed by atoms with Crippen LogP contribution in [0.4, 0.5) is 5.82 Å². The first-order chi connectivity index (χ1) is 3.84. The number of aldehydes is 1. The van der Waals surface area contributed by atoms with Crippen LogP contribution in [0.2, 0.25) is 0 Å². The van der Waals surface area contributed by atoms with E-state index >= 15 is 0 Å². The fraction of sp³-hybridized carbons (Fsp3) is 0. The Bertz CT molecular complexity index is 194. The van der Waals surface area contributed by atoms with E-state index < -0.39 is 0 Å². The Balaban J connectivity index is 3.09. The SMILES string of the molecule is Nc1nocc1C=O. The van der Waals surface area contributed by atoms with E-state index in [1.807, 2.05) is 0 Å². The number of nitrogens with two attached hydrogens (primary N) is 1. The summed E-state index contributed by atoms with van der Waals surface area (Å²) in [5.74, 6) is 0.139. The van der Waals surface area contributed by atoms with Gasteiger partial charge in [-0.05, 0) is 0 Å². The van der Waals surface area contributed by atoms with Crippen molar-refractivity contribution in [1.82, 2.24) is 5.16 Å². The van der Waals surface area contributed by atoms with Gasteiger partial charge in [0, 0.05) is 0 Å². The molecule has 4 nitrogen and oxygen atoms in total. The van der Waals surface area contributed by atoms with E-state index in [1.165, 1.54) is 6.26 Å². The lowest BCUT2D eigenvalue weighted by Crippen LogP contribution is -1.87. The minimum Gasteiger partial charge on any atom is -0.380 e. The van der Waals surface area contributed by atoms with Gasteiger partial charge in [-0.25, -0.2) is 0 Å². The summed E-state index contributed by atoms with van der Waals surface area (Å²) in [4.78, 5) is 9.91. The number of carbonyl (C=O) groups is 1. The summed E-state index contributed by atoms with van der Waals surface area (Å²) in [6.07, 6.45) is 1.79. The summed E-state index contributed by atoms with van der Waals surface area (Å²) >= 11 is 0. The lowest BCUT2D eigenvalue weighted by Gasteiger charge is -1.74. The fourth-order valence-corrected chi connectivity index (χ4v) is 0.341. The minimum absolute atomic E-state index is 0.139. The molecular weight excluding hydrogens is 108 g/mol. The van der Waals surface area contributed by atoms with Crippen molar-refractivity contribution >= 4 is 12.1 Å². The predicted molar refractivity (Wildman–Crippen MR) is 26.3 cm³/mol. The van der Waals surface area contributed by atoms with Crippen molar-refractivity contribution in [2.24, 2.45) is 0 Å². The second kappa shape index (κ2) is 1.65. The third-order valence-corrected chi connectivity index (χ3v) is 0.753. The van der Waals surface area contributed by atoms with Gasteiger partial charge in [-0.2, -0.15) is 0 Å². The lowest BCUT2D eigenvalue weighted by molar-refractivity contribution is 0.112. The van der Waals surface area contributed by atoms with Crippen molar-refractivity contribution in [3.05, 3.63) is 11.8 Å². The molecule has 0 bridgehead atoms. The van der Waals surface area contributed by atoms with E-state index in [2.05, 4.69) is 9.68 Å². The Hall–Kier alpha value is -1.32. The largest absolute Gasteiger partial charge is 0.380 e. The average molecular weight is 112 g/mol. The molecule has 0 aliphatic carbocycles. The van der Waals surface area contributed by atoms with Gasteiger partial charge < -0.3 is 10.3 Å². The van der Waals surface area contributed by atoms with Gasteiger partial charge in [-0.1, -0.05) is 5.16 Å². The van der Waals surface area contributed by atoms with Crippen LogP contribution in [0.15, 0.2) is 10.8 Å². The monoisotopic (exact) mass is 112 g/mol. The molecule has 0 radical (unpaired) electrons. The number of hydrogen-bond donors (Lipinski definition) is 1. The lowest BCUT2D eigenvalue weighted by atomic mass is 10.4. The third kappa shape index (κ3) is 0.556. The van der Waals surface area contributed by atoms with Crippen molar-refractivity contribution in [2.45, 2.75) is 0 Å². The Morgan fingerprint density at radius 3 is 2.88 bits per heavy atom. The van der Waals surface area contributed by atoms with Crippen molar-refractivity contribution in [2.75, 3.05) is 5.73 Å². The van der Waals surface area contributed by atoms with Crippen LogP contribution in [0.1, 0.15) is 10.4 Å². The van der Waals surface area contributed by atoms with Gasteiger partial charge in [0.15, 0.2) is 12.1 Å². The molecule has 0 spiro atoms. The molecule has 0 aliphatic heterocycles. The molecule has 0 saturated heterocycles. The highest BCUT2D eigenvalue weighted by Gasteiger charge is 1.98. The number of aromatic nitrogens is 1. The summed E-state index contributed by atoms with van der Waals surface area (Å²) in [6, 6.07) is 0. The predicted octanol–water partition coefficient (Wildman–Crippen LogP) is 0.0693. The molecular formula is C4H4N2O2. The van der Waals surface area contributed by atoms with Crippen LogP contribution in [-0.4, -0.2) is 11.4 Å². The van der Waals surface area contributed by atoms with Crippen LogP contribution < -0.4 is 5.73 Å². The first kappa shape index (κ1) is 4.83. The first-order valence-electron chi connectivity index (χ1n) is 1.99. The molecule has 8 heavy (non-hydrogen) atoms. The van der Waals surface area contributed by atoms with Crippen LogP contribution >= 0.6 is 0 Å². The smallest absolute Gasteiger partial charge is 0.177 e. The summed E-state index contributed by atoms with van der Waals surface area (Å²) < 4.78 is 4.33. The number of carbonyl (C=O) groups excluding carboxylic acids is 1. The van der Waals surface area contributed by atoms with Crippen LogP contribution in [-0.2, 0) is 0 Å². The summed E-state index contributed by atoms with van der Waals surface area (Å²) in [5.41, 5.74) is 5.41. The summed E-state index contributed by atoms with van der Waals surface area (Å²) in [5, 5.41) is 3.26. The Labute approximate surface area is 45.3 Å². The first-order valence-corrected chi connectivity index (χ1v) is 1.99. The minimum atomic E-state index is 0.139. The second-order valence-electron chi connectivity index (χ2n) is 1.27. The number of anilines is 1. The quantitative estimate of drug-likeness (QED) is 0.522. The van der Waals surface area contributed by atoms with E-state index in [0.29, 0.717) is 11.8 Å². The molecule has 0 saturated carbocycles. The molecule has 1 heterocycles. The maximum Gasteiger partial charge on any atom is 0.177 e. The molecule has 0 atom stereocenters. The molecule has 0 aliphatic rings. The third-order valence-electron chi connectivity index (χ3n) is 0.753. The molecule has 2 N–H and O–H groups in total. The van der Waals surface area contributed by atoms with Gasteiger partial charge in [0.1, 0.15) is 6.26 Å². The van der Waals surface area contributed by atoms with Crippen molar-refractivity contribution < 1.29 is 9.32 Å². The zero-order chi connectivity index (χ0) is 5.98. The van der Waals surface area contributed by atoms with Gasteiger partial charge in [0.05, 0.1) is 5.56 Å². The number of nitrogens with zero attached hydrogens (tertiary/aromatic N) is 1. The molecule has 1 aromatic rings.